The fourth-order valence-corrected chi connectivity index (χ4v) is 2.36. The van der Waals surface area contributed by atoms with Crippen LogP contribution >= 0.6 is 11.6 Å². The van der Waals surface area contributed by atoms with Crippen LogP contribution in [0, 0.1) is 5.82 Å². The van der Waals surface area contributed by atoms with Crippen LogP contribution in [0.25, 0.3) is 0 Å². The third-order valence-corrected chi connectivity index (χ3v) is 3.69. The van der Waals surface area contributed by atoms with Gasteiger partial charge in [-0.3, -0.25) is 4.79 Å². The normalized spacial score (nSPS) is 14.0. The minimum atomic E-state index is -0.288. The third-order valence-electron chi connectivity index (χ3n) is 3.46. The van der Waals surface area contributed by atoms with Crippen LogP contribution in [0.2, 0.25) is 5.15 Å². The molecule has 2 aromatic rings. The first-order valence-electron chi connectivity index (χ1n) is 6.80. The van der Waals surface area contributed by atoms with E-state index in [0.717, 1.165) is 18.4 Å². The van der Waals surface area contributed by atoms with Crippen molar-refractivity contribution in [2.45, 2.75) is 25.4 Å². The molecule has 0 radical (unpaired) electrons. The van der Waals surface area contributed by atoms with Gasteiger partial charge in [-0.15, -0.1) is 0 Å². The predicted octanol–water partition coefficient (Wildman–Crippen LogP) is 3.68. The number of carbonyl (C=O) groups is 1. The summed E-state index contributed by atoms with van der Waals surface area (Å²) < 4.78 is 13.3. The molecule has 1 aliphatic rings. The minimum Gasteiger partial charge on any atom is -0.331 e. The van der Waals surface area contributed by atoms with Gasteiger partial charge in [0, 0.05) is 18.8 Å². The molecule has 1 heterocycles. The maximum Gasteiger partial charge on any atom is 0.255 e. The molecule has 0 atom stereocenters. The van der Waals surface area contributed by atoms with Gasteiger partial charge in [-0.25, -0.2) is 9.37 Å². The van der Waals surface area contributed by atoms with E-state index < -0.39 is 0 Å². The minimum absolute atomic E-state index is 0.0917. The number of halogens is 2. The number of rotatable bonds is 4. The van der Waals surface area contributed by atoms with Gasteiger partial charge in [0.05, 0.1) is 5.56 Å². The lowest BCUT2D eigenvalue weighted by Gasteiger charge is -2.22. The molecule has 3 nitrogen and oxygen atoms in total. The number of carbonyl (C=O) groups excluding carboxylic acids is 1. The van der Waals surface area contributed by atoms with Crippen molar-refractivity contribution in [1.82, 2.24) is 9.88 Å². The molecular formula is C16H14ClFN2O. The SMILES string of the molecule is O=C(c1ccc(Cl)nc1)N(Cc1cccc(F)c1)C1CC1. The zero-order valence-electron chi connectivity index (χ0n) is 11.3. The van der Waals surface area contributed by atoms with Gasteiger partial charge in [-0.1, -0.05) is 23.7 Å². The number of hydrogen-bond donors (Lipinski definition) is 0. The van der Waals surface area contributed by atoms with Crippen LogP contribution in [-0.4, -0.2) is 21.8 Å². The van der Waals surface area contributed by atoms with Crippen LogP contribution in [0.15, 0.2) is 42.6 Å². The monoisotopic (exact) mass is 304 g/mol. The van der Waals surface area contributed by atoms with E-state index in [1.165, 1.54) is 18.3 Å². The Bertz CT molecular complexity index is 656. The largest absolute Gasteiger partial charge is 0.331 e. The average Bonchev–Trinajstić information content (AvgIpc) is 3.29. The highest BCUT2D eigenvalue weighted by atomic mass is 35.5. The lowest BCUT2D eigenvalue weighted by molar-refractivity contribution is 0.0729. The molecule has 1 aliphatic carbocycles. The van der Waals surface area contributed by atoms with E-state index in [1.807, 2.05) is 6.07 Å². The Kier molecular flexibility index (Phi) is 3.88. The first kappa shape index (κ1) is 14.0. The Morgan fingerprint density at radius 3 is 2.76 bits per heavy atom. The highest BCUT2D eigenvalue weighted by Gasteiger charge is 2.33. The van der Waals surface area contributed by atoms with Crippen LogP contribution < -0.4 is 0 Å². The van der Waals surface area contributed by atoms with Crippen molar-refractivity contribution >= 4 is 17.5 Å². The van der Waals surface area contributed by atoms with E-state index in [-0.39, 0.29) is 17.8 Å². The molecule has 108 valence electrons. The lowest BCUT2D eigenvalue weighted by Crippen LogP contribution is -2.32. The van der Waals surface area contributed by atoms with Crippen LogP contribution in [-0.2, 0) is 6.54 Å². The molecule has 1 saturated carbocycles. The quantitative estimate of drug-likeness (QED) is 0.807. The highest BCUT2D eigenvalue weighted by Crippen LogP contribution is 2.30. The fourth-order valence-electron chi connectivity index (χ4n) is 2.25. The summed E-state index contributed by atoms with van der Waals surface area (Å²) in [5.41, 5.74) is 1.29. The van der Waals surface area contributed by atoms with Gasteiger partial charge in [0.1, 0.15) is 11.0 Å². The lowest BCUT2D eigenvalue weighted by atomic mass is 10.1. The van der Waals surface area contributed by atoms with E-state index in [9.17, 15) is 9.18 Å². The van der Waals surface area contributed by atoms with E-state index >= 15 is 0 Å². The van der Waals surface area contributed by atoms with Gasteiger partial charge in [-0.05, 0) is 42.7 Å². The van der Waals surface area contributed by atoms with Gasteiger partial charge in [0.2, 0.25) is 0 Å². The zero-order valence-corrected chi connectivity index (χ0v) is 12.1. The molecular weight excluding hydrogens is 291 g/mol. The molecule has 1 fully saturated rings. The van der Waals surface area contributed by atoms with Crippen molar-refractivity contribution in [3.05, 3.63) is 64.7 Å². The molecule has 1 aromatic heterocycles. The topological polar surface area (TPSA) is 33.2 Å². The summed E-state index contributed by atoms with van der Waals surface area (Å²) >= 11 is 5.74. The molecule has 1 amide bonds. The smallest absolute Gasteiger partial charge is 0.255 e. The Balaban J connectivity index is 1.81. The van der Waals surface area contributed by atoms with Crippen LogP contribution in [0.5, 0.6) is 0 Å². The van der Waals surface area contributed by atoms with Crippen molar-refractivity contribution < 1.29 is 9.18 Å². The van der Waals surface area contributed by atoms with E-state index in [4.69, 9.17) is 11.6 Å². The first-order chi connectivity index (χ1) is 10.1. The van der Waals surface area contributed by atoms with Crippen molar-refractivity contribution in [3.63, 3.8) is 0 Å². The molecule has 5 heteroatoms. The standard InChI is InChI=1S/C16H14ClFN2O/c17-15-7-4-12(9-19-15)16(21)20(14-5-6-14)10-11-2-1-3-13(18)8-11/h1-4,7-9,14H,5-6,10H2. The Hall–Kier alpha value is -1.94. The number of nitrogens with zero attached hydrogens (tertiary/aromatic N) is 2. The number of amides is 1. The second-order valence-corrected chi connectivity index (χ2v) is 5.55. The Morgan fingerprint density at radius 1 is 1.33 bits per heavy atom. The van der Waals surface area contributed by atoms with E-state index in [0.29, 0.717) is 17.3 Å². The van der Waals surface area contributed by atoms with Gasteiger partial charge in [-0.2, -0.15) is 0 Å². The Labute approximate surface area is 127 Å². The zero-order chi connectivity index (χ0) is 14.8. The van der Waals surface area contributed by atoms with E-state index in [1.54, 1.807) is 23.1 Å². The molecule has 0 bridgehead atoms. The molecule has 1 aromatic carbocycles. The summed E-state index contributed by atoms with van der Waals surface area (Å²) in [5.74, 6) is -0.380. The molecule has 0 aliphatic heterocycles. The number of hydrogen-bond acceptors (Lipinski definition) is 2. The molecule has 3 rings (SSSR count). The van der Waals surface area contributed by atoms with Gasteiger partial charge in [0.25, 0.3) is 5.91 Å². The summed E-state index contributed by atoms with van der Waals surface area (Å²) in [4.78, 5) is 18.3. The van der Waals surface area contributed by atoms with Crippen molar-refractivity contribution in [2.75, 3.05) is 0 Å². The van der Waals surface area contributed by atoms with Gasteiger partial charge < -0.3 is 4.90 Å². The van der Waals surface area contributed by atoms with Crippen LogP contribution in [0.1, 0.15) is 28.8 Å². The average molecular weight is 305 g/mol. The van der Waals surface area contributed by atoms with Gasteiger partial charge >= 0.3 is 0 Å². The van der Waals surface area contributed by atoms with Crippen LogP contribution in [0.4, 0.5) is 4.39 Å². The van der Waals surface area contributed by atoms with Gasteiger partial charge in [0.15, 0.2) is 0 Å². The van der Waals surface area contributed by atoms with Crippen molar-refractivity contribution in [1.29, 1.82) is 0 Å². The number of pyridine rings is 1. The highest BCUT2D eigenvalue weighted by molar-refractivity contribution is 6.29. The van der Waals surface area contributed by atoms with Crippen molar-refractivity contribution in [3.8, 4) is 0 Å². The summed E-state index contributed by atoms with van der Waals surface area (Å²) in [6.07, 6.45) is 3.45. The van der Waals surface area contributed by atoms with Crippen LogP contribution in [0.3, 0.4) is 0 Å². The summed E-state index contributed by atoms with van der Waals surface area (Å²) in [6, 6.07) is 9.84. The molecule has 0 saturated heterocycles. The number of aromatic nitrogens is 1. The second-order valence-electron chi connectivity index (χ2n) is 5.16. The maximum absolute atomic E-state index is 13.3. The molecule has 0 N–H and O–H groups in total. The summed E-state index contributed by atoms with van der Waals surface area (Å²) in [7, 11) is 0. The molecule has 0 spiro atoms. The third kappa shape index (κ3) is 3.39. The summed E-state index contributed by atoms with van der Waals surface area (Å²) in [5, 5.41) is 0.356. The first-order valence-corrected chi connectivity index (χ1v) is 7.18. The molecule has 0 unspecified atom stereocenters. The Morgan fingerprint density at radius 2 is 2.14 bits per heavy atom. The second kappa shape index (κ2) is 5.82. The maximum atomic E-state index is 13.3. The molecule has 21 heavy (non-hydrogen) atoms. The number of benzene rings is 1. The fraction of sp³-hybridized carbons (Fsp3) is 0.250. The van der Waals surface area contributed by atoms with Crippen molar-refractivity contribution in [2.24, 2.45) is 0 Å². The predicted molar refractivity (Wildman–Crippen MR) is 78.5 cm³/mol. The van der Waals surface area contributed by atoms with E-state index in [2.05, 4.69) is 4.98 Å². The summed E-state index contributed by atoms with van der Waals surface area (Å²) in [6.45, 7) is 0.407.